The molecule has 5 nitrogen and oxygen atoms in total. The third kappa shape index (κ3) is 2.75. The topological polar surface area (TPSA) is 53.6 Å². The van der Waals surface area contributed by atoms with E-state index in [1.165, 1.54) is 19.5 Å². The van der Waals surface area contributed by atoms with Gasteiger partial charge in [0, 0.05) is 37.2 Å². The van der Waals surface area contributed by atoms with Gasteiger partial charge in [-0.05, 0) is 56.8 Å². The summed E-state index contributed by atoms with van der Waals surface area (Å²) in [5, 5.41) is 6.44. The number of ether oxygens (including phenoxy) is 1. The number of nitrogens with zero attached hydrogens (tertiary/aromatic N) is 1. The largest absolute Gasteiger partial charge is 0.491 e. The van der Waals surface area contributed by atoms with Gasteiger partial charge in [0.2, 0.25) is 0 Å². The fourth-order valence-electron chi connectivity index (χ4n) is 4.75. The van der Waals surface area contributed by atoms with Crippen molar-refractivity contribution in [3.63, 3.8) is 0 Å². The molecule has 2 N–H and O–H groups in total. The van der Waals surface area contributed by atoms with Crippen LogP contribution in [0.15, 0.2) is 12.1 Å². The van der Waals surface area contributed by atoms with E-state index in [-0.39, 0.29) is 5.91 Å². The number of fused-ring (bicyclic) bond motifs is 2. The first kappa shape index (κ1) is 15.8. The standard InChI is InChI=1S/C19H27N3O2/c1-20-17-4-3-16(15-6-8-24-18(15)17)19(23)21-14-9-12-5-7-22(2)11-13(12)10-14/h3-4,12-14,20H,5-11H2,1-2H3,(H,21,23). The molecule has 130 valence electrons. The Hall–Kier alpha value is -1.75. The molecule has 2 heterocycles. The number of hydrogen-bond donors (Lipinski definition) is 2. The maximum Gasteiger partial charge on any atom is 0.251 e. The quantitative estimate of drug-likeness (QED) is 0.892. The number of carbonyl (C=O) groups is 1. The monoisotopic (exact) mass is 329 g/mol. The number of hydrogen-bond acceptors (Lipinski definition) is 4. The molecule has 3 atom stereocenters. The van der Waals surface area contributed by atoms with Gasteiger partial charge < -0.3 is 20.3 Å². The predicted molar refractivity (Wildman–Crippen MR) is 94.8 cm³/mol. The zero-order valence-electron chi connectivity index (χ0n) is 14.6. The molecule has 4 rings (SSSR count). The molecule has 24 heavy (non-hydrogen) atoms. The Bertz CT molecular complexity index is 646. The average Bonchev–Trinajstić information content (AvgIpc) is 3.19. The Balaban J connectivity index is 1.47. The fraction of sp³-hybridized carbons (Fsp3) is 0.632. The Morgan fingerprint density at radius 1 is 1.29 bits per heavy atom. The van der Waals surface area contributed by atoms with Crippen molar-refractivity contribution >= 4 is 11.6 Å². The summed E-state index contributed by atoms with van der Waals surface area (Å²) >= 11 is 0. The molecule has 5 heteroatoms. The molecule has 1 aliphatic carbocycles. The third-order valence-corrected chi connectivity index (χ3v) is 5.98. The van der Waals surface area contributed by atoms with E-state index >= 15 is 0 Å². The van der Waals surface area contributed by atoms with E-state index in [1.54, 1.807) is 0 Å². The highest BCUT2D eigenvalue weighted by Crippen LogP contribution is 2.39. The molecule has 3 unspecified atom stereocenters. The van der Waals surface area contributed by atoms with Gasteiger partial charge in [-0.3, -0.25) is 4.79 Å². The van der Waals surface area contributed by atoms with Gasteiger partial charge in [0.25, 0.3) is 5.91 Å². The van der Waals surface area contributed by atoms with E-state index in [0.29, 0.717) is 12.6 Å². The SMILES string of the molecule is CNc1ccc(C(=O)NC2CC3CCN(C)CC3C2)c2c1OCC2. The lowest BCUT2D eigenvalue weighted by Crippen LogP contribution is -2.35. The Labute approximate surface area is 143 Å². The molecule has 0 aromatic heterocycles. The Morgan fingerprint density at radius 3 is 2.96 bits per heavy atom. The molecular weight excluding hydrogens is 302 g/mol. The van der Waals surface area contributed by atoms with Crippen molar-refractivity contribution in [2.45, 2.75) is 31.7 Å². The molecule has 1 aromatic rings. The minimum Gasteiger partial charge on any atom is -0.491 e. The molecule has 0 radical (unpaired) electrons. The molecule has 2 aliphatic heterocycles. The van der Waals surface area contributed by atoms with Crippen molar-refractivity contribution in [3.8, 4) is 5.75 Å². The highest BCUT2D eigenvalue weighted by atomic mass is 16.5. The number of amides is 1. The normalized spacial score (nSPS) is 28.8. The maximum atomic E-state index is 12.8. The summed E-state index contributed by atoms with van der Waals surface area (Å²) in [6.07, 6.45) is 4.34. The first-order valence-electron chi connectivity index (χ1n) is 9.11. The van der Waals surface area contributed by atoms with Crippen molar-refractivity contribution in [1.29, 1.82) is 0 Å². The van der Waals surface area contributed by atoms with Crippen LogP contribution in [0.25, 0.3) is 0 Å². The first-order chi connectivity index (χ1) is 11.7. The highest BCUT2D eigenvalue weighted by molar-refractivity contribution is 5.97. The Kier molecular flexibility index (Phi) is 4.12. The van der Waals surface area contributed by atoms with Crippen LogP contribution in [0.5, 0.6) is 5.75 Å². The summed E-state index contributed by atoms with van der Waals surface area (Å²) in [4.78, 5) is 15.3. The number of rotatable bonds is 3. The molecule has 1 saturated heterocycles. The lowest BCUT2D eigenvalue weighted by molar-refractivity contribution is 0.0936. The third-order valence-electron chi connectivity index (χ3n) is 5.98. The van der Waals surface area contributed by atoms with Gasteiger partial charge in [-0.25, -0.2) is 0 Å². The molecule has 1 amide bonds. The second-order valence-electron chi connectivity index (χ2n) is 7.53. The van der Waals surface area contributed by atoms with Gasteiger partial charge in [-0.15, -0.1) is 0 Å². The van der Waals surface area contributed by atoms with E-state index in [0.717, 1.165) is 53.7 Å². The first-order valence-corrected chi connectivity index (χ1v) is 9.11. The minimum atomic E-state index is 0.0661. The van der Waals surface area contributed by atoms with Crippen LogP contribution in [0, 0.1) is 11.8 Å². The van der Waals surface area contributed by atoms with E-state index in [9.17, 15) is 4.79 Å². The smallest absolute Gasteiger partial charge is 0.251 e. The van der Waals surface area contributed by atoms with Crippen LogP contribution < -0.4 is 15.4 Å². The zero-order chi connectivity index (χ0) is 16.7. The lowest BCUT2D eigenvalue weighted by atomic mass is 9.89. The van der Waals surface area contributed by atoms with Crippen LogP contribution in [-0.2, 0) is 6.42 Å². The zero-order valence-corrected chi connectivity index (χ0v) is 14.6. The summed E-state index contributed by atoms with van der Waals surface area (Å²) in [5.41, 5.74) is 2.80. The molecule has 2 fully saturated rings. The number of benzene rings is 1. The summed E-state index contributed by atoms with van der Waals surface area (Å²) in [6.45, 7) is 3.03. The molecule has 3 aliphatic rings. The van der Waals surface area contributed by atoms with Crippen LogP contribution in [0.2, 0.25) is 0 Å². The van der Waals surface area contributed by atoms with Crippen molar-refractivity contribution < 1.29 is 9.53 Å². The number of piperidine rings is 1. The minimum absolute atomic E-state index is 0.0661. The molecular formula is C19H27N3O2. The molecule has 0 bridgehead atoms. The predicted octanol–water partition coefficient (Wildman–Crippen LogP) is 2.12. The fourth-order valence-corrected chi connectivity index (χ4v) is 4.75. The van der Waals surface area contributed by atoms with Crippen LogP contribution in [0.3, 0.4) is 0 Å². The van der Waals surface area contributed by atoms with Gasteiger partial charge >= 0.3 is 0 Å². The summed E-state index contributed by atoms with van der Waals surface area (Å²) in [5.74, 6) is 2.45. The maximum absolute atomic E-state index is 12.8. The van der Waals surface area contributed by atoms with Gasteiger partial charge in [-0.2, -0.15) is 0 Å². The Morgan fingerprint density at radius 2 is 2.12 bits per heavy atom. The number of likely N-dealkylation sites (tertiary alicyclic amines) is 1. The number of anilines is 1. The lowest BCUT2D eigenvalue weighted by Gasteiger charge is -2.31. The second kappa shape index (κ2) is 6.28. The van der Waals surface area contributed by atoms with Crippen LogP contribution in [-0.4, -0.2) is 50.6 Å². The average molecular weight is 329 g/mol. The van der Waals surface area contributed by atoms with E-state index in [2.05, 4.69) is 22.6 Å². The van der Waals surface area contributed by atoms with Gasteiger partial charge in [0.15, 0.2) is 0 Å². The van der Waals surface area contributed by atoms with E-state index in [4.69, 9.17) is 4.74 Å². The van der Waals surface area contributed by atoms with Crippen molar-refractivity contribution in [2.75, 3.05) is 39.1 Å². The van der Waals surface area contributed by atoms with E-state index < -0.39 is 0 Å². The van der Waals surface area contributed by atoms with Gasteiger partial charge in [0.1, 0.15) is 5.75 Å². The summed E-state index contributed by atoms with van der Waals surface area (Å²) in [6, 6.07) is 4.20. The molecule has 1 aromatic carbocycles. The number of nitrogens with one attached hydrogen (secondary N) is 2. The summed E-state index contributed by atoms with van der Waals surface area (Å²) < 4.78 is 5.72. The van der Waals surface area contributed by atoms with Gasteiger partial charge in [0.05, 0.1) is 12.3 Å². The van der Waals surface area contributed by atoms with Crippen LogP contribution in [0.4, 0.5) is 5.69 Å². The van der Waals surface area contributed by atoms with Crippen molar-refractivity contribution in [2.24, 2.45) is 11.8 Å². The second-order valence-corrected chi connectivity index (χ2v) is 7.53. The molecule has 1 saturated carbocycles. The van der Waals surface area contributed by atoms with Crippen LogP contribution in [0.1, 0.15) is 35.2 Å². The number of carbonyl (C=O) groups excluding carboxylic acids is 1. The highest BCUT2D eigenvalue weighted by Gasteiger charge is 2.38. The van der Waals surface area contributed by atoms with Gasteiger partial charge in [-0.1, -0.05) is 0 Å². The summed E-state index contributed by atoms with van der Waals surface area (Å²) in [7, 11) is 4.09. The van der Waals surface area contributed by atoms with Crippen molar-refractivity contribution in [1.82, 2.24) is 10.2 Å². The van der Waals surface area contributed by atoms with Crippen molar-refractivity contribution in [3.05, 3.63) is 23.3 Å². The van der Waals surface area contributed by atoms with E-state index in [1.807, 2.05) is 19.2 Å². The molecule has 0 spiro atoms. The van der Waals surface area contributed by atoms with Crippen LogP contribution >= 0.6 is 0 Å².